The molecule has 0 fully saturated rings. The lowest BCUT2D eigenvalue weighted by Crippen LogP contribution is -2.27. The van der Waals surface area contributed by atoms with Crippen LogP contribution in [0.2, 0.25) is 0 Å². The largest absolute Gasteiger partial charge is 0.433 e. The highest BCUT2D eigenvalue weighted by atomic mass is 32.2. The van der Waals surface area contributed by atoms with Gasteiger partial charge in [0.05, 0.1) is 22.2 Å². The predicted octanol–water partition coefficient (Wildman–Crippen LogP) is 2.16. The zero-order valence-corrected chi connectivity index (χ0v) is 14.3. The number of oxazole rings is 1. The summed E-state index contributed by atoms with van der Waals surface area (Å²) in [7, 11) is -4.17. The summed E-state index contributed by atoms with van der Waals surface area (Å²) in [6.45, 7) is 2.78. The van der Waals surface area contributed by atoms with Gasteiger partial charge in [0.2, 0.25) is 21.7 Å². The second-order valence-corrected chi connectivity index (χ2v) is 6.99. The van der Waals surface area contributed by atoms with Crippen LogP contribution in [0.1, 0.15) is 40.7 Å². The first-order valence-electron chi connectivity index (χ1n) is 7.07. The minimum Gasteiger partial charge on any atom is -0.433 e. The number of hydroxylamine groups is 1. The second-order valence-electron chi connectivity index (χ2n) is 5.27. The number of aryl methyl sites for hydroxylation is 1. The highest BCUT2D eigenvalue weighted by Crippen LogP contribution is 2.30. The van der Waals surface area contributed by atoms with E-state index in [0.29, 0.717) is 12.1 Å². The molecule has 0 saturated heterocycles. The number of carbonyl (C=O) groups excluding carboxylic acids is 1. The number of carbonyl (C=O) groups is 1. The van der Waals surface area contributed by atoms with Crippen molar-refractivity contribution in [1.29, 1.82) is 0 Å². The molecule has 1 unspecified atom stereocenters. The molecule has 0 aliphatic heterocycles. The fraction of sp³-hybridized carbons (Fsp3) is 0.286. The molecule has 8 nitrogen and oxygen atoms in total. The van der Waals surface area contributed by atoms with Gasteiger partial charge in [0.1, 0.15) is 0 Å². The van der Waals surface area contributed by atoms with E-state index in [9.17, 15) is 26.4 Å². The first-order chi connectivity index (χ1) is 12.0. The number of hydrogen-bond donors (Lipinski definition) is 3. The summed E-state index contributed by atoms with van der Waals surface area (Å²) in [4.78, 5) is 14.9. The van der Waals surface area contributed by atoms with Crippen molar-refractivity contribution < 1.29 is 36.0 Å². The molecule has 2 rings (SSSR count). The maximum atomic E-state index is 12.5. The van der Waals surface area contributed by atoms with Crippen LogP contribution in [0.25, 0.3) is 0 Å². The van der Waals surface area contributed by atoms with Crippen LogP contribution in [-0.2, 0) is 16.2 Å². The van der Waals surface area contributed by atoms with Gasteiger partial charge in [0.15, 0.2) is 0 Å². The Bertz CT molecular complexity index is 907. The number of nitrogens with zero attached hydrogens (tertiary/aromatic N) is 1. The van der Waals surface area contributed by atoms with Crippen LogP contribution in [0.5, 0.6) is 0 Å². The van der Waals surface area contributed by atoms with Crippen molar-refractivity contribution >= 4 is 15.9 Å². The fourth-order valence-corrected chi connectivity index (χ4v) is 3.23. The molecule has 1 aromatic carbocycles. The Morgan fingerprint density at radius 2 is 1.85 bits per heavy atom. The van der Waals surface area contributed by atoms with Gasteiger partial charge in [0, 0.05) is 0 Å². The summed E-state index contributed by atoms with van der Waals surface area (Å²) < 4.78 is 69.5. The van der Waals surface area contributed by atoms with Crippen molar-refractivity contribution in [2.24, 2.45) is 0 Å². The minimum absolute atomic E-state index is 0.118. The summed E-state index contributed by atoms with van der Waals surface area (Å²) in [5, 5.41) is 8.60. The van der Waals surface area contributed by atoms with Crippen molar-refractivity contribution in [3.05, 3.63) is 47.2 Å². The van der Waals surface area contributed by atoms with Gasteiger partial charge in [-0.25, -0.2) is 18.9 Å². The number of sulfonamides is 1. The van der Waals surface area contributed by atoms with Crippen molar-refractivity contribution in [1.82, 2.24) is 15.2 Å². The normalized spacial score (nSPS) is 13.5. The van der Waals surface area contributed by atoms with Crippen molar-refractivity contribution in [3.8, 4) is 0 Å². The van der Waals surface area contributed by atoms with E-state index in [0.717, 1.165) is 12.1 Å². The molecule has 1 aromatic heterocycles. The van der Waals surface area contributed by atoms with Crippen LogP contribution >= 0.6 is 0 Å². The average Bonchev–Trinajstić information content (AvgIpc) is 2.95. The number of amides is 1. The molecule has 3 N–H and O–H groups in total. The molecule has 26 heavy (non-hydrogen) atoms. The molecule has 0 bridgehead atoms. The molecule has 0 spiro atoms. The highest BCUT2D eigenvalue weighted by Gasteiger charge is 2.31. The van der Waals surface area contributed by atoms with Crippen LogP contribution in [0.4, 0.5) is 13.2 Å². The summed E-state index contributed by atoms with van der Waals surface area (Å²) in [5.41, 5.74) is 0.501. The smallest absolute Gasteiger partial charge is 0.416 e. The molecular formula is C14H14F3N3O5S. The number of rotatable bonds is 5. The topological polar surface area (TPSA) is 122 Å². The van der Waals surface area contributed by atoms with Crippen LogP contribution in [0, 0.1) is 6.92 Å². The number of halogens is 3. The van der Waals surface area contributed by atoms with Gasteiger partial charge in [-0.1, -0.05) is 0 Å². The van der Waals surface area contributed by atoms with Gasteiger partial charge in [-0.3, -0.25) is 10.0 Å². The summed E-state index contributed by atoms with van der Waals surface area (Å²) in [6, 6.07) is 1.92. The molecule has 1 atom stereocenters. The van der Waals surface area contributed by atoms with Crippen LogP contribution in [-0.4, -0.2) is 24.5 Å². The van der Waals surface area contributed by atoms with Gasteiger partial charge in [-0.2, -0.15) is 17.9 Å². The zero-order chi connectivity index (χ0) is 19.7. The first-order valence-corrected chi connectivity index (χ1v) is 8.55. The lowest BCUT2D eigenvalue weighted by atomic mass is 10.2. The number of hydrogen-bond acceptors (Lipinski definition) is 6. The number of alkyl halides is 3. The quantitative estimate of drug-likeness (QED) is 0.529. The Hall–Kier alpha value is -2.44. The van der Waals surface area contributed by atoms with E-state index in [4.69, 9.17) is 9.62 Å². The second kappa shape index (κ2) is 7.05. The zero-order valence-electron chi connectivity index (χ0n) is 13.5. The lowest BCUT2D eigenvalue weighted by Gasteiger charge is -2.12. The third kappa shape index (κ3) is 4.20. The Kier molecular flexibility index (Phi) is 5.39. The van der Waals surface area contributed by atoms with E-state index in [1.54, 1.807) is 0 Å². The van der Waals surface area contributed by atoms with Crippen LogP contribution in [0.15, 0.2) is 33.6 Å². The van der Waals surface area contributed by atoms with E-state index < -0.39 is 33.7 Å². The average molecular weight is 393 g/mol. The van der Waals surface area contributed by atoms with E-state index in [1.165, 1.54) is 19.3 Å². The van der Waals surface area contributed by atoms with Gasteiger partial charge in [0.25, 0.3) is 0 Å². The monoisotopic (exact) mass is 393 g/mol. The van der Waals surface area contributed by atoms with E-state index in [1.807, 2.05) is 0 Å². The Balaban J connectivity index is 2.22. The maximum Gasteiger partial charge on any atom is 0.416 e. The molecule has 1 amide bonds. The summed E-state index contributed by atoms with van der Waals surface area (Å²) >= 11 is 0. The number of nitrogens with one attached hydrogen (secondary N) is 2. The van der Waals surface area contributed by atoms with Crippen molar-refractivity contribution in [2.45, 2.75) is 31.0 Å². The molecule has 2 aromatic rings. The third-order valence-electron chi connectivity index (χ3n) is 3.32. The number of aromatic nitrogens is 1. The Morgan fingerprint density at radius 3 is 2.35 bits per heavy atom. The number of benzene rings is 1. The van der Waals surface area contributed by atoms with E-state index >= 15 is 0 Å². The van der Waals surface area contributed by atoms with Crippen molar-refractivity contribution in [3.63, 3.8) is 0 Å². The van der Waals surface area contributed by atoms with Crippen LogP contribution < -0.4 is 10.2 Å². The van der Waals surface area contributed by atoms with Crippen LogP contribution in [0.3, 0.4) is 0 Å². The molecule has 1 heterocycles. The minimum atomic E-state index is -4.58. The van der Waals surface area contributed by atoms with E-state index in [2.05, 4.69) is 9.71 Å². The standard InChI is InChI=1S/C14H14F3N3O5S/c1-7-11(12(21)19-22)25-13(18-7)8(2)20-26(23,24)10-5-3-9(4-6-10)14(15,16)17/h3-6,8,20,22H,1-2H3,(H,19,21). The van der Waals surface area contributed by atoms with E-state index in [-0.39, 0.29) is 22.2 Å². The molecule has 12 heteroatoms. The Labute approximate surface area is 146 Å². The highest BCUT2D eigenvalue weighted by molar-refractivity contribution is 7.89. The van der Waals surface area contributed by atoms with Crippen molar-refractivity contribution in [2.75, 3.05) is 0 Å². The van der Waals surface area contributed by atoms with Gasteiger partial charge in [-0.15, -0.1) is 0 Å². The van der Waals surface area contributed by atoms with Gasteiger partial charge < -0.3 is 4.42 Å². The first kappa shape index (κ1) is 19.9. The molecule has 0 aliphatic carbocycles. The molecule has 0 saturated carbocycles. The summed E-state index contributed by atoms with van der Waals surface area (Å²) in [5.74, 6) is -1.42. The van der Waals surface area contributed by atoms with Gasteiger partial charge in [-0.05, 0) is 38.1 Å². The third-order valence-corrected chi connectivity index (χ3v) is 4.87. The SMILES string of the molecule is Cc1nc(C(C)NS(=O)(=O)c2ccc(C(F)(F)F)cc2)oc1C(=O)NO. The maximum absolute atomic E-state index is 12.5. The predicted molar refractivity (Wildman–Crippen MR) is 80.7 cm³/mol. The van der Waals surface area contributed by atoms with Gasteiger partial charge >= 0.3 is 12.1 Å². The fourth-order valence-electron chi connectivity index (χ4n) is 2.04. The molecular weight excluding hydrogens is 379 g/mol. The lowest BCUT2D eigenvalue weighted by molar-refractivity contribution is -0.137. The molecule has 142 valence electrons. The summed E-state index contributed by atoms with van der Waals surface area (Å²) in [6.07, 6.45) is -4.58. The Morgan fingerprint density at radius 1 is 1.27 bits per heavy atom. The molecule has 0 aliphatic rings. The molecule has 0 radical (unpaired) electrons.